The Hall–Kier alpha value is -1.10. The van der Waals surface area contributed by atoms with E-state index in [2.05, 4.69) is 4.90 Å². The molecular formula is C18H29NO3. The number of hydrogen-bond acceptors (Lipinski definition) is 4. The van der Waals surface area contributed by atoms with Gasteiger partial charge in [0.05, 0.1) is 12.7 Å². The van der Waals surface area contributed by atoms with Crippen LogP contribution in [0, 0.1) is 0 Å². The third-order valence-corrected chi connectivity index (χ3v) is 4.70. The van der Waals surface area contributed by atoms with Crippen LogP contribution in [0.25, 0.3) is 0 Å². The monoisotopic (exact) mass is 307 g/mol. The van der Waals surface area contributed by atoms with Gasteiger partial charge in [-0.05, 0) is 64.3 Å². The quantitative estimate of drug-likeness (QED) is 0.848. The van der Waals surface area contributed by atoms with Crippen molar-refractivity contribution in [3.63, 3.8) is 0 Å². The lowest BCUT2D eigenvalue weighted by molar-refractivity contribution is -0.0308. The second-order valence-corrected chi connectivity index (χ2v) is 7.13. The van der Waals surface area contributed by atoms with Crippen molar-refractivity contribution in [1.82, 2.24) is 4.90 Å². The van der Waals surface area contributed by atoms with Crippen molar-refractivity contribution in [3.8, 4) is 5.75 Å². The molecule has 1 aromatic carbocycles. The first kappa shape index (κ1) is 17.3. The molecule has 1 heterocycles. The lowest BCUT2D eigenvalue weighted by Crippen LogP contribution is -2.46. The van der Waals surface area contributed by atoms with Crippen LogP contribution in [0.1, 0.15) is 45.6 Å². The van der Waals surface area contributed by atoms with E-state index in [-0.39, 0.29) is 6.04 Å². The normalized spacial score (nSPS) is 22.5. The Morgan fingerprint density at radius 2 is 1.82 bits per heavy atom. The smallest absolute Gasteiger partial charge is 0.118 e. The van der Waals surface area contributed by atoms with Gasteiger partial charge in [0.2, 0.25) is 0 Å². The summed E-state index contributed by atoms with van der Waals surface area (Å²) >= 11 is 0. The molecule has 1 aliphatic heterocycles. The van der Waals surface area contributed by atoms with Crippen LogP contribution in [0.3, 0.4) is 0 Å². The minimum atomic E-state index is -0.900. The fraction of sp³-hybridized carbons (Fsp3) is 0.667. The highest BCUT2D eigenvalue weighted by Gasteiger charge is 2.40. The van der Waals surface area contributed by atoms with Gasteiger partial charge in [0.25, 0.3) is 0 Å². The number of rotatable bonds is 6. The van der Waals surface area contributed by atoms with Crippen LogP contribution in [0.15, 0.2) is 24.3 Å². The maximum Gasteiger partial charge on any atom is 0.118 e. The average molecular weight is 307 g/mol. The first-order valence-corrected chi connectivity index (χ1v) is 8.07. The highest BCUT2D eigenvalue weighted by molar-refractivity contribution is 5.31. The molecule has 0 radical (unpaired) electrons. The first-order valence-electron chi connectivity index (χ1n) is 8.07. The van der Waals surface area contributed by atoms with Crippen LogP contribution in [-0.2, 0) is 5.60 Å². The van der Waals surface area contributed by atoms with E-state index in [1.165, 1.54) is 0 Å². The summed E-state index contributed by atoms with van der Waals surface area (Å²) in [6, 6.07) is 7.74. The number of ether oxygens (including phenoxy) is 1. The van der Waals surface area contributed by atoms with Crippen LogP contribution in [-0.4, -0.2) is 47.0 Å². The van der Waals surface area contributed by atoms with E-state index < -0.39 is 11.2 Å². The van der Waals surface area contributed by atoms with Gasteiger partial charge in [-0.2, -0.15) is 0 Å². The van der Waals surface area contributed by atoms with Crippen LogP contribution < -0.4 is 4.74 Å². The Kier molecular flexibility index (Phi) is 5.15. The van der Waals surface area contributed by atoms with E-state index in [0.717, 1.165) is 37.2 Å². The summed E-state index contributed by atoms with van der Waals surface area (Å²) in [6.45, 7) is 7.34. The lowest BCUT2D eigenvalue weighted by atomic mass is 9.86. The summed E-state index contributed by atoms with van der Waals surface area (Å²) < 4.78 is 5.18. The zero-order valence-electron chi connectivity index (χ0n) is 14.2. The Bertz CT molecular complexity index is 476. The third kappa shape index (κ3) is 4.00. The van der Waals surface area contributed by atoms with Gasteiger partial charge in [0.1, 0.15) is 11.4 Å². The summed E-state index contributed by atoms with van der Waals surface area (Å²) in [4.78, 5) is 2.31. The third-order valence-electron chi connectivity index (χ3n) is 4.70. The number of hydrogen-bond donors (Lipinski definition) is 2. The molecule has 1 fully saturated rings. The van der Waals surface area contributed by atoms with Gasteiger partial charge >= 0.3 is 0 Å². The minimum absolute atomic E-state index is 0.0863. The Balaban J connectivity index is 2.12. The minimum Gasteiger partial charge on any atom is -0.497 e. The predicted molar refractivity (Wildman–Crippen MR) is 88.1 cm³/mol. The van der Waals surface area contributed by atoms with Gasteiger partial charge in [0, 0.05) is 12.6 Å². The fourth-order valence-corrected chi connectivity index (χ4v) is 3.27. The lowest BCUT2D eigenvalue weighted by Gasteiger charge is -2.38. The Labute approximate surface area is 133 Å². The highest BCUT2D eigenvalue weighted by atomic mass is 16.5. The Morgan fingerprint density at radius 1 is 1.18 bits per heavy atom. The molecule has 0 aliphatic carbocycles. The molecule has 4 nitrogen and oxygen atoms in total. The zero-order valence-corrected chi connectivity index (χ0v) is 14.2. The largest absolute Gasteiger partial charge is 0.497 e. The molecule has 0 bridgehead atoms. The number of aliphatic hydroxyl groups is 2. The molecule has 124 valence electrons. The second-order valence-electron chi connectivity index (χ2n) is 7.13. The molecule has 0 saturated carbocycles. The van der Waals surface area contributed by atoms with Crippen molar-refractivity contribution in [2.24, 2.45) is 0 Å². The summed E-state index contributed by atoms with van der Waals surface area (Å²) in [7, 11) is 1.64. The number of nitrogens with zero attached hydrogens (tertiary/aromatic N) is 1. The molecular weight excluding hydrogens is 278 g/mol. The molecule has 2 atom stereocenters. The van der Waals surface area contributed by atoms with Crippen molar-refractivity contribution in [3.05, 3.63) is 29.8 Å². The van der Waals surface area contributed by atoms with Crippen LogP contribution >= 0.6 is 0 Å². The van der Waals surface area contributed by atoms with Gasteiger partial charge < -0.3 is 14.9 Å². The maximum absolute atomic E-state index is 11.1. The number of methoxy groups -OCH3 is 1. The van der Waals surface area contributed by atoms with Crippen LogP contribution in [0.2, 0.25) is 0 Å². The maximum atomic E-state index is 11.1. The zero-order chi connectivity index (χ0) is 16.4. The SMILES string of the molecule is COc1ccc([C@@](C)(O)[C@@H]2CCCN2CCC(C)(C)O)cc1. The molecule has 0 spiro atoms. The predicted octanol–water partition coefficient (Wildman–Crippen LogP) is 2.53. The van der Waals surface area contributed by atoms with Crippen molar-refractivity contribution in [2.75, 3.05) is 20.2 Å². The summed E-state index contributed by atoms with van der Waals surface area (Å²) in [6.07, 6.45) is 2.77. The Morgan fingerprint density at radius 3 is 2.36 bits per heavy atom. The number of likely N-dealkylation sites (tertiary alicyclic amines) is 1. The van der Waals surface area contributed by atoms with E-state index in [4.69, 9.17) is 4.74 Å². The first-order chi connectivity index (χ1) is 10.2. The van der Waals surface area contributed by atoms with Crippen LogP contribution in [0.5, 0.6) is 5.75 Å². The standard InChI is InChI=1S/C18H29NO3/c1-17(2,20)11-13-19-12-5-6-16(19)18(3,21)14-7-9-15(22-4)10-8-14/h7-10,16,20-21H,5-6,11-13H2,1-4H3/t16-,18+/m0/s1. The summed E-state index contributed by atoms with van der Waals surface area (Å²) in [5, 5.41) is 21.0. The molecule has 4 heteroatoms. The van der Waals surface area contributed by atoms with E-state index in [0.29, 0.717) is 6.42 Å². The van der Waals surface area contributed by atoms with E-state index in [1.807, 2.05) is 45.0 Å². The molecule has 22 heavy (non-hydrogen) atoms. The van der Waals surface area contributed by atoms with Crippen LogP contribution in [0.4, 0.5) is 0 Å². The second kappa shape index (κ2) is 6.57. The van der Waals surface area contributed by atoms with Gasteiger partial charge in [-0.1, -0.05) is 12.1 Å². The summed E-state index contributed by atoms with van der Waals surface area (Å²) in [5.74, 6) is 0.796. The molecule has 0 amide bonds. The van der Waals surface area contributed by atoms with Gasteiger partial charge in [0.15, 0.2) is 0 Å². The molecule has 2 rings (SSSR count). The molecule has 0 unspecified atom stereocenters. The molecule has 0 aromatic heterocycles. The molecule has 1 saturated heterocycles. The fourth-order valence-electron chi connectivity index (χ4n) is 3.27. The van der Waals surface area contributed by atoms with E-state index in [9.17, 15) is 10.2 Å². The molecule has 1 aromatic rings. The molecule has 2 N–H and O–H groups in total. The van der Waals surface area contributed by atoms with Gasteiger partial charge in [-0.25, -0.2) is 0 Å². The molecule has 1 aliphatic rings. The summed E-state index contributed by atoms with van der Waals surface area (Å²) in [5.41, 5.74) is -0.657. The van der Waals surface area contributed by atoms with Gasteiger partial charge in [-0.3, -0.25) is 4.90 Å². The topological polar surface area (TPSA) is 52.9 Å². The average Bonchev–Trinajstić information content (AvgIpc) is 2.94. The van der Waals surface area contributed by atoms with Crippen molar-refractivity contribution in [2.45, 2.75) is 57.3 Å². The van der Waals surface area contributed by atoms with Crippen molar-refractivity contribution >= 4 is 0 Å². The van der Waals surface area contributed by atoms with E-state index in [1.54, 1.807) is 7.11 Å². The number of benzene rings is 1. The highest BCUT2D eigenvalue weighted by Crippen LogP contribution is 2.35. The van der Waals surface area contributed by atoms with Gasteiger partial charge in [-0.15, -0.1) is 0 Å². The van der Waals surface area contributed by atoms with Crippen molar-refractivity contribution < 1.29 is 14.9 Å². The van der Waals surface area contributed by atoms with E-state index >= 15 is 0 Å². The van der Waals surface area contributed by atoms with Crippen molar-refractivity contribution in [1.29, 1.82) is 0 Å².